The van der Waals surface area contributed by atoms with Gasteiger partial charge in [-0.2, -0.15) is 0 Å². The van der Waals surface area contributed by atoms with Crippen LogP contribution in [0.2, 0.25) is 0 Å². The summed E-state index contributed by atoms with van der Waals surface area (Å²) in [7, 11) is 0. The van der Waals surface area contributed by atoms with Crippen molar-refractivity contribution in [2.75, 3.05) is 4.90 Å². The number of para-hydroxylation sites is 1. The van der Waals surface area contributed by atoms with Crippen molar-refractivity contribution in [1.82, 2.24) is 0 Å². The minimum absolute atomic E-state index is 0.171. The number of hydrogen-bond acceptors (Lipinski definition) is 1. The van der Waals surface area contributed by atoms with E-state index in [1.165, 1.54) is 5.56 Å². The van der Waals surface area contributed by atoms with Crippen molar-refractivity contribution in [2.24, 2.45) is 0 Å². The van der Waals surface area contributed by atoms with Crippen molar-refractivity contribution >= 4 is 27.5 Å². The fourth-order valence-corrected chi connectivity index (χ4v) is 3.07. The molecule has 0 aromatic heterocycles. The third-order valence-corrected chi connectivity index (χ3v) is 4.27. The number of carbonyl (C=O) groups excluding carboxylic acids is 1. The molecule has 1 aliphatic rings. The Morgan fingerprint density at radius 2 is 1.90 bits per heavy atom. The maximum absolute atomic E-state index is 12.6. The lowest BCUT2D eigenvalue weighted by Crippen LogP contribution is -2.36. The van der Waals surface area contributed by atoms with Crippen LogP contribution in [0.1, 0.15) is 18.1 Å². The smallest absolute Gasteiger partial charge is 0.231 e. The van der Waals surface area contributed by atoms with Crippen molar-refractivity contribution in [1.29, 1.82) is 0 Å². The molecule has 1 atom stereocenters. The van der Waals surface area contributed by atoms with Crippen LogP contribution in [0, 0.1) is 0 Å². The number of rotatable bonds is 2. The van der Waals surface area contributed by atoms with Gasteiger partial charge in [0.15, 0.2) is 0 Å². The van der Waals surface area contributed by atoms with E-state index >= 15 is 0 Å². The highest BCUT2D eigenvalue weighted by Gasteiger charge is 2.30. The molecule has 0 N–H and O–H groups in total. The topological polar surface area (TPSA) is 20.3 Å². The van der Waals surface area contributed by atoms with Crippen LogP contribution >= 0.6 is 15.9 Å². The zero-order valence-corrected chi connectivity index (χ0v) is 12.9. The second kappa shape index (κ2) is 5.41. The molecule has 0 spiro atoms. The molecule has 1 amide bonds. The van der Waals surface area contributed by atoms with Crippen LogP contribution in [-0.2, 0) is 17.6 Å². The molecule has 1 aliphatic heterocycles. The second-order valence-corrected chi connectivity index (χ2v) is 6.16. The van der Waals surface area contributed by atoms with Crippen LogP contribution in [0.15, 0.2) is 53.0 Å². The van der Waals surface area contributed by atoms with Gasteiger partial charge in [-0.05, 0) is 42.7 Å². The minimum atomic E-state index is 0.171. The van der Waals surface area contributed by atoms with E-state index in [0.29, 0.717) is 6.42 Å². The number of nitrogens with zero attached hydrogens (tertiary/aromatic N) is 1. The highest BCUT2D eigenvalue weighted by Crippen LogP contribution is 2.32. The first-order chi connectivity index (χ1) is 9.65. The van der Waals surface area contributed by atoms with Gasteiger partial charge in [0.05, 0.1) is 6.42 Å². The molecular weight excluding hydrogens is 314 g/mol. The molecule has 0 saturated heterocycles. The Labute approximate surface area is 127 Å². The molecule has 0 fully saturated rings. The van der Waals surface area contributed by atoms with Crippen LogP contribution in [0.5, 0.6) is 0 Å². The quantitative estimate of drug-likeness (QED) is 0.816. The highest BCUT2D eigenvalue weighted by molar-refractivity contribution is 9.10. The third kappa shape index (κ3) is 2.50. The van der Waals surface area contributed by atoms with E-state index in [1.54, 1.807) is 0 Å². The number of benzene rings is 2. The summed E-state index contributed by atoms with van der Waals surface area (Å²) in [6.07, 6.45) is 1.40. The van der Waals surface area contributed by atoms with E-state index in [4.69, 9.17) is 0 Å². The van der Waals surface area contributed by atoms with E-state index in [-0.39, 0.29) is 11.9 Å². The normalized spacial score (nSPS) is 17.1. The summed E-state index contributed by atoms with van der Waals surface area (Å²) in [5.74, 6) is 0.171. The molecule has 0 radical (unpaired) electrons. The molecule has 0 saturated carbocycles. The molecule has 0 bridgehead atoms. The van der Waals surface area contributed by atoms with Gasteiger partial charge in [-0.25, -0.2) is 0 Å². The minimum Gasteiger partial charge on any atom is -0.309 e. The highest BCUT2D eigenvalue weighted by atomic mass is 79.9. The van der Waals surface area contributed by atoms with Crippen LogP contribution < -0.4 is 4.90 Å². The molecule has 0 aliphatic carbocycles. The molecule has 20 heavy (non-hydrogen) atoms. The fourth-order valence-electron chi connectivity index (χ4n) is 2.81. The molecule has 1 heterocycles. The molecule has 3 rings (SSSR count). The fraction of sp³-hybridized carbons (Fsp3) is 0.235. The predicted molar refractivity (Wildman–Crippen MR) is 84.9 cm³/mol. The average Bonchev–Trinajstić information content (AvgIpc) is 2.77. The van der Waals surface area contributed by atoms with Crippen LogP contribution in [0.4, 0.5) is 5.69 Å². The zero-order chi connectivity index (χ0) is 14.1. The van der Waals surface area contributed by atoms with E-state index in [1.807, 2.05) is 47.4 Å². The van der Waals surface area contributed by atoms with Gasteiger partial charge in [-0.3, -0.25) is 4.79 Å². The summed E-state index contributed by atoms with van der Waals surface area (Å²) in [5, 5.41) is 0. The Morgan fingerprint density at radius 3 is 2.65 bits per heavy atom. The third-order valence-electron chi connectivity index (χ3n) is 3.74. The van der Waals surface area contributed by atoms with Gasteiger partial charge in [0.25, 0.3) is 0 Å². The monoisotopic (exact) mass is 329 g/mol. The first-order valence-corrected chi connectivity index (χ1v) is 7.59. The van der Waals surface area contributed by atoms with Gasteiger partial charge in [-0.1, -0.05) is 46.3 Å². The van der Waals surface area contributed by atoms with Crippen molar-refractivity contribution in [3.05, 3.63) is 64.1 Å². The van der Waals surface area contributed by atoms with Gasteiger partial charge in [-0.15, -0.1) is 0 Å². The Balaban J connectivity index is 1.82. The summed E-state index contributed by atoms with van der Waals surface area (Å²) < 4.78 is 1.04. The number of hydrogen-bond donors (Lipinski definition) is 0. The van der Waals surface area contributed by atoms with Crippen LogP contribution in [-0.4, -0.2) is 11.9 Å². The summed E-state index contributed by atoms with van der Waals surface area (Å²) in [6, 6.07) is 16.4. The van der Waals surface area contributed by atoms with E-state index in [2.05, 4.69) is 28.9 Å². The van der Waals surface area contributed by atoms with E-state index in [0.717, 1.165) is 22.1 Å². The summed E-state index contributed by atoms with van der Waals surface area (Å²) >= 11 is 3.41. The first kappa shape index (κ1) is 13.4. The second-order valence-electron chi connectivity index (χ2n) is 5.25. The number of fused-ring (bicyclic) bond motifs is 1. The molecule has 2 aromatic rings. The van der Waals surface area contributed by atoms with Gasteiger partial charge in [0, 0.05) is 16.2 Å². The maximum atomic E-state index is 12.6. The molecule has 2 nitrogen and oxygen atoms in total. The maximum Gasteiger partial charge on any atom is 0.231 e. The Morgan fingerprint density at radius 1 is 1.20 bits per heavy atom. The molecular formula is C17H16BrNO. The SMILES string of the molecule is C[C@@H]1Cc2ccccc2N1C(=O)Cc1ccc(Br)cc1. The molecule has 2 aromatic carbocycles. The van der Waals surface area contributed by atoms with Crippen molar-refractivity contribution in [2.45, 2.75) is 25.8 Å². The van der Waals surface area contributed by atoms with Crippen molar-refractivity contribution < 1.29 is 4.79 Å². The average molecular weight is 330 g/mol. The summed E-state index contributed by atoms with van der Waals surface area (Å²) in [6.45, 7) is 2.11. The Hall–Kier alpha value is -1.61. The van der Waals surface area contributed by atoms with E-state index < -0.39 is 0 Å². The lowest BCUT2D eigenvalue weighted by Gasteiger charge is -2.22. The first-order valence-electron chi connectivity index (χ1n) is 6.79. The number of amides is 1. The number of anilines is 1. The molecule has 3 heteroatoms. The van der Waals surface area contributed by atoms with Crippen LogP contribution in [0.25, 0.3) is 0 Å². The summed E-state index contributed by atoms with van der Waals surface area (Å²) in [5.41, 5.74) is 3.39. The van der Waals surface area contributed by atoms with Gasteiger partial charge in [0.1, 0.15) is 0 Å². The van der Waals surface area contributed by atoms with Gasteiger partial charge < -0.3 is 4.90 Å². The van der Waals surface area contributed by atoms with Crippen molar-refractivity contribution in [3.63, 3.8) is 0 Å². The predicted octanol–water partition coefficient (Wildman–Crippen LogP) is 3.97. The number of carbonyl (C=O) groups is 1. The largest absolute Gasteiger partial charge is 0.309 e. The standard InChI is InChI=1S/C17H16BrNO/c1-12-10-14-4-2-3-5-16(14)19(12)17(20)11-13-6-8-15(18)9-7-13/h2-9,12H,10-11H2,1H3/t12-/m1/s1. The lowest BCUT2D eigenvalue weighted by atomic mass is 10.1. The van der Waals surface area contributed by atoms with Gasteiger partial charge in [0.2, 0.25) is 5.91 Å². The van der Waals surface area contributed by atoms with Crippen LogP contribution in [0.3, 0.4) is 0 Å². The molecule has 102 valence electrons. The lowest BCUT2D eigenvalue weighted by molar-refractivity contribution is -0.118. The summed E-state index contributed by atoms with van der Waals surface area (Å²) in [4.78, 5) is 14.5. The molecule has 0 unspecified atom stereocenters. The number of halogens is 1. The zero-order valence-electron chi connectivity index (χ0n) is 11.3. The van der Waals surface area contributed by atoms with Gasteiger partial charge >= 0.3 is 0 Å². The van der Waals surface area contributed by atoms with Crippen molar-refractivity contribution in [3.8, 4) is 0 Å². The Kier molecular flexibility index (Phi) is 3.62. The Bertz CT molecular complexity index is 636. The van der Waals surface area contributed by atoms with E-state index in [9.17, 15) is 4.79 Å².